The van der Waals surface area contributed by atoms with Gasteiger partial charge in [-0.2, -0.15) is 0 Å². The third-order valence-electron chi connectivity index (χ3n) is 6.83. The Bertz CT molecular complexity index is 747. The van der Waals surface area contributed by atoms with Crippen LogP contribution in [0, 0.1) is 16.7 Å². The van der Waals surface area contributed by atoms with E-state index in [9.17, 15) is 4.79 Å². The molecule has 0 amide bonds. The lowest BCUT2D eigenvalue weighted by molar-refractivity contribution is -0.126. The van der Waals surface area contributed by atoms with Crippen molar-refractivity contribution in [3.63, 3.8) is 0 Å². The zero-order chi connectivity index (χ0) is 16.8. The lowest BCUT2D eigenvalue weighted by Crippen LogP contribution is -2.34. The number of carbonyl (C=O) groups is 1. The summed E-state index contributed by atoms with van der Waals surface area (Å²) in [5.41, 5.74) is 3.95. The predicted octanol–water partition coefficient (Wildman–Crippen LogP) is 5.44. The Morgan fingerprint density at radius 1 is 1.21 bits per heavy atom. The quantitative estimate of drug-likeness (QED) is 0.725. The maximum atomic E-state index is 12.8. The number of Topliss-reactive ketones (excluding diaryl/α,β-unsaturated/α-hetero) is 1. The van der Waals surface area contributed by atoms with Crippen molar-refractivity contribution in [1.29, 1.82) is 0 Å². The van der Waals surface area contributed by atoms with Crippen molar-refractivity contribution in [3.05, 3.63) is 71.3 Å². The maximum Gasteiger partial charge on any atom is 0.143 e. The molecule has 124 valence electrons. The van der Waals surface area contributed by atoms with Crippen molar-refractivity contribution in [2.45, 2.75) is 46.0 Å². The van der Waals surface area contributed by atoms with Gasteiger partial charge in [-0.3, -0.25) is 4.79 Å². The normalized spacial score (nSPS) is 32.4. The average molecular weight is 318 g/mol. The van der Waals surface area contributed by atoms with E-state index in [-0.39, 0.29) is 10.8 Å². The number of ketones is 1. The second kappa shape index (κ2) is 5.58. The molecule has 0 aliphatic heterocycles. The molecule has 2 atom stereocenters. The van der Waals surface area contributed by atoms with E-state index in [0.717, 1.165) is 25.7 Å². The van der Waals surface area contributed by atoms with E-state index in [1.165, 1.54) is 23.1 Å². The minimum Gasteiger partial charge on any atom is -0.299 e. The first kappa shape index (κ1) is 15.6. The van der Waals surface area contributed by atoms with Gasteiger partial charge in [0.2, 0.25) is 0 Å². The first-order chi connectivity index (χ1) is 11.5. The average Bonchev–Trinajstić information content (AvgIpc) is 2.92. The molecule has 0 aromatic heterocycles. The van der Waals surface area contributed by atoms with Gasteiger partial charge in [-0.15, -0.1) is 0 Å². The molecule has 2 unspecified atom stereocenters. The first-order valence-corrected chi connectivity index (χ1v) is 9.18. The van der Waals surface area contributed by atoms with Crippen molar-refractivity contribution >= 4 is 5.78 Å². The molecule has 24 heavy (non-hydrogen) atoms. The molecule has 0 radical (unpaired) electrons. The smallest absolute Gasteiger partial charge is 0.143 e. The van der Waals surface area contributed by atoms with Gasteiger partial charge >= 0.3 is 0 Å². The SMILES string of the molecule is CC1(C)C2CCC1(C=C1CC=CC=C1Cc1ccccc1)C(=O)C2. The highest BCUT2D eigenvalue weighted by Gasteiger charge is 2.63. The van der Waals surface area contributed by atoms with Crippen LogP contribution in [0.4, 0.5) is 0 Å². The van der Waals surface area contributed by atoms with Gasteiger partial charge in [0.1, 0.15) is 5.78 Å². The van der Waals surface area contributed by atoms with Gasteiger partial charge in [-0.25, -0.2) is 0 Å². The summed E-state index contributed by atoms with van der Waals surface area (Å²) in [6.45, 7) is 4.62. The van der Waals surface area contributed by atoms with Crippen LogP contribution in [0.1, 0.15) is 45.1 Å². The number of hydrogen-bond acceptors (Lipinski definition) is 1. The molecule has 1 heteroatoms. The molecular weight excluding hydrogens is 292 g/mol. The van der Waals surface area contributed by atoms with Crippen LogP contribution in [0.2, 0.25) is 0 Å². The monoisotopic (exact) mass is 318 g/mol. The fraction of sp³-hybridized carbons (Fsp3) is 0.435. The Kier molecular flexibility index (Phi) is 3.63. The summed E-state index contributed by atoms with van der Waals surface area (Å²) in [5, 5.41) is 0. The van der Waals surface area contributed by atoms with Crippen molar-refractivity contribution in [1.82, 2.24) is 0 Å². The lowest BCUT2D eigenvalue weighted by Gasteiger charge is -2.35. The van der Waals surface area contributed by atoms with Gasteiger partial charge in [0.15, 0.2) is 0 Å². The highest BCUT2D eigenvalue weighted by molar-refractivity contribution is 5.92. The van der Waals surface area contributed by atoms with Crippen LogP contribution in [0.5, 0.6) is 0 Å². The van der Waals surface area contributed by atoms with Crippen LogP contribution in [0.3, 0.4) is 0 Å². The topological polar surface area (TPSA) is 17.1 Å². The summed E-state index contributed by atoms with van der Waals surface area (Å²) in [5.74, 6) is 1.05. The van der Waals surface area contributed by atoms with Crippen LogP contribution < -0.4 is 0 Å². The highest BCUT2D eigenvalue weighted by Crippen LogP contribution is 2.65. The summed E-state index contributed by atoms with van der Waals surface area (Å²) in [7, 11) is 0. The second-order valence-corrected chi connectivity index (χ2v) is 8.21. The summed E-state index contributed by atoms with van der Waals surface area (Å²) < 4.78 is 0. The largest absolute Gasteiger partial charge is 0.299 e. The van der Waals surface area contributed by atoms with E-state index in [1.807, 2.05) is 0 Å². The van der Waals surface area contributed by atoms with Gasteiger partial charge in [0, 0.05) is 6.42 Å². The summed E-state index contributed by atoms with van der Waals surface area (Å²) in [4.78, 5) is 12.8. The molecule has 2 fully saturated rings. The van der Waals surface area contributed by atoms with Gasteiger partial charge in [0.05, 0.1) is 5.41 Å². The summed E-state index contributed by atoms with van der Waals surface area (Å²) in [6.07, 6.45) is 13.9. The highest BCUT2D eigenvalue weighted by atomic mass is 16.1. The molecule has 0 heterocycles. The molecule has 2 saturated carbocycles. The molecule has 0 spiro atoms. The van der Waals surface area contributed by atoms with Crippen molar-refractivity contribution in [3.8, 4) is 0 Å². The van der Waals surface area contributed by atoms with E-state index in [0.29, 0.717) is 11.7 Å². The molecule has 3 aliphatic carbocycles. The fourth-order valence-corrected chi connectivity index (χ4v) is 5.10. The molecule has 4 rings (SSSR count). The van der Waals surface area contributed by atoms with E-state index >= 15 is 0 Å². The van der Waals surface area contributed by atoms with E-state index in [4.69, 9.17) is 0 Å². The van der Waals surface area contributed by atoms with Gasteiger partial charge in [0.25, 0.3) is 0 Å². The number of hydrogen-bond donors (Lipinski definition) is 0. The minimum absolute atomic E-state index is 0.107. The van der Waals surface area contributed by atoms with E-state index < -0.39 is 0 Å². The number of rotatable bonds is 3. The van der Waals surface area contributed by atoms with Gasteiger partial charge in [-0.1, -0.05) is 68.5 Å². The first-order valence-electron chi connectivity index (χ1n) is 9.18. The standard InChI is InChI=1S/C23H26O/c1-22(2)20-12-13-23(22,21(24)15-20)16-19-11-7-6-10-18(19)14-17-8-4-3-5-9-17/h3-10,16,20H,11-15H2,1-2H3. The minimum atomic E-state index is -0.228. The number of carbonyl (C=O) groups excluding carboxylic acids is 1. The number of allylic oxidation sites excluding steroid dienone is 6. The third kappa shape index (κ3) is 2.25. The van der Waals surface area contributed by atoms with Crippen LogP contribution in [0.15, 0.2) is 65.8 Å². The zero-order valence-corrected chi connectivity index (χ0v) is 14.7. The Labute approximate surface area is 145 Å². The number of fused-ring (bicyclic) bond motifs is 2. The predicted molar refractivity (Wildman–Crippen MR) is 98.6 cm³/mol. The Morgan fingerprint density at radius 3 is 2.67 bits per heavy atom. The van der Waals surface area contributed by atoms with Crippen molar-refractivity contribution < 1.29 is 4.79 Å². The van der Waals surface area contributed by atoms with Crippen LogP contribution >= 0.6 is 0 Å². The zero-order valence-electron chi connectivity index (χ0n) is 14.7. The Morgan fingerprint density at radius 2 is 2.00 bits per heavy atom. The lowest BCUT2D eigenvalue weighted by atomic mass is 9.67. The molecular formula is C23H26O. The van der Waals surface area contributed by atoms with Gasteiger partial charge < -0.3 is 0 Å². The van der Waals surface area contributed by atoms with Crippen molar-refractivity contribution in [2.24, 2.45) is 16.7 Å². The Balaban J connectivity index is 1.70. The molecule has 2 bridgehead atoms. The van der Waals surface area contributed by atoms with Crippen LogP contribution in [-0.4, -0.2) is 5.78 Å². The fourth-order valence-electron chi connectivity index (χ4n) is 5.10. The molecule has 3 aliphatic rings. The number of benzene rings is 1. The Hall–Kier alpha value is -1.89. The summed E-state index contributed by atoms with van der Waals surface area (Å²) in [6, 6.07) is 10.6. The second-order valence-electron chi connectivity index (χ2n) is 8.21. The molecule has 0 N–H and O–H groups in total. The molecule has 1 nitrogen and oxygen atoms in total. The van der Waals surface area contributed by atoms with E-state index in [1.54, 1.807) is 0 Å². The van der Waals surface area contributed by atoms with Crippen molar-refractivity contribution in [2.75, 3.05) is 0 Å². The third-order valence-corrected chi connectivity index (χ3v) is 6.83. The molecule has 0 saturated heterocycles. The summed E-state index contributed by atoms with van der Waals surface area (Å²) >= 11 is 0. The van der Waals surface area contributed by atoms with Crippen LogP contribution in [0.25, 0.3) is 0 Å². The van der Waals surface area contributed by atoms with Gasteiger partial charge in [-0.05, 0) is 53.7 Å². The molecule has 1 aromatic carbocycles. The van der Waals surface area contributed by atoms with E-state index in [2.05, 4.69) is 68.5 Å². The van der Waals surface area contributed by atoms with Crippen LogP contribution in [-0.2, 0) is 11.2 Å². The molecule has 1 aromatic rings. The maximum absolute atomic E-state index is 12.8.